The molecule has 0 aliphatic rings. The van der Waals surface area contributed by atoms with Gasteiger partial charge < -0.3 is 52.0 Å². The number of hydrogen-bond donors (Lipinski definition) is 9. The number of carboxylic acids is 2. The van der Waals surface area contributed by atoms with Crippen LogP contribution in [0.1, 0.15) is 119 Å². The smallest absolute Gasteiger partial charge is 0.322 e. The van der Waals surface area contributed by atoms with Crippen LogP contribution in [0, 0.1) is 10.8 Å². The number of likely N-dealkylation sites (N-methyl/N-ethyl adjacent to an activating group) is 1. The van der Waals surface area contributed by atoms with E-state index in [1.807, 2.05) is 58.9 Å². The fourth-order valence-corrected chi connectivity index (χ4v) is 5.12. The van der Waals surface area contributed by atoms with Crippen LogP contribution in [0.4, 0.5) is 5.69 Å². The number of nitrogens with one attached hydrogen (secondary N) is 6. The molecule has 10 N–H and O–H groups in total. The van der Waals surface area contributed by atoms with Crippen molar-refractivity contribution in [3.8, 4) is 0 Å². The maximum Gasteiger partial charge on any atom is 0.322 e. The zero-order valence-electron chi connectivity index (χ0n) is 39.9. The van der Waals surface area contributed by atoms with E-state index in [0.29, 0.717) is 44.9 Å². The number of Topliss-reactive ketones (excluding diaryl/α,β-unsaturated/α-hetero) is 2. The molecule has 0 saturated heterocycles. The van der Waals surface area contributed by atoms with Gasteiger partial charge in [-0.25, -0.2) is 0 Å². The van der Waals surface area contributed by atoms with Gasteiger partial charge in [-0.3, -0.25) is 38.9 Å². The molecule has 0 aromatic heterocycles. The fraction of sp³-hybridized carbons (Fsp3) is 0.705. The summed E-state index contributed by atoms with van der Waals surface area (Å²) in [5.41, 5.74) is 3.72. The van der Waals surface area contributed by atoms with E-state index in [1.165, 1.54) is 13.8 Å². The number of rotatable bonds is 28. The maximum atomic E-state index is 12.1. The van der Waals surface area contributed by atoms with Crippen molar-refractivity contribution in [2.24, 2.45) is 16.6 Å². The monoisotopic (exact) mass is 884 g/mol. The summed E-state index contributed by atoms with van der Waals surface area (Å²) in [6.07, 6.45) is 2.72. The second-order valence-corrected chi connectivity index (χ2v) is 16.3. The summed E-state index contributed by atoms with van der Waals surface area (Å²) in [7, 11) is 1.54. The van der Waals surface area contributed by atoms with Gasteiger partial charge in [0, 0.05) is 56.3 Å². The van der Waals surface area contributed by atoms with Gasteiger partial charge in [0.1, 0.15) is 13.2 Å². The number of benzene rings is 1. The lowest BCUT2D eigenvalue weighted by Gasteiger charge is -2.30. The molecule has 0 bridgehead atoms. The van der Waals surface area contributed by atoms with Crippen LogP contribution < -0.4 is 37.6 Å². The Morgan fingerprint density at radius 3 is 1.76 bits per heavy atom. The highest BCUT2D eigenvalue weighted by Gasteiger charge is 2.39. The van der Waals surface area contributed by atoms with Crippen LogP contribution in [0.2, 0.25) is 0 Å². The molecular weight excluding hydrogens is 803 g/mol. The number of carbonyl (C=O) groups is 7. The minimum Gasteiger partial charge on any atom is -0.481 e. The van der Waals surface area contributed by atoms with Crippen LogP contribution in [0.5, 0.6) is 0 Å². The van der Waals surface area contributed by atoms with Crippen molar-refractivity contribution in [3.63, 3.8) is 0 Å². The number of ketones is 2. The average Bonchev–Trinajstić information content (AvgIpc) is 3.22. The van der Waals surface area contributed by atoms with E-state index >= 15 is 0 Å². The third kappa shape index (κ3) is 28.9. The highest BCUT2D eigenvalue weighted by molar-refractivity contribution is 5.94. The van der Waals surface area contributed by atoms with Crippen molar-refractivity contribution in [2.45, 2.75) is 120 Å². The summed E-state index contributed by atoms with van der Waals surface area (Å²) < 4.78 is 10.8. The molecule has 0 fully saturated rings. The molecule has 0 radical (unpaired) electrons. The first-order valence-electron chi connectivity index (χ1n) is 21.3. The largest absolute Gasteiger partial charge is 0.481 e. The summed E-state index contributed by atoms with van der Waals surface area (Å²) in [6.45, 7) is 24.6. The van der Waals surface area contributed by atoms with Gasteiger partial charge in [-0.05, 0) is 78.6 Å². The molecule has 1 aromatic rings. The zero-order chi connectivity index (χ0) is 48.6. The van der Waals surface area contributed by atoms with Crippen LogP contribution >= 0.6 is 0 Å². The molecule has 18 nitrogen and oxygen atoms in total. The number of unbranched alkanes of at least 4 members (excludes halogenated alkanes) is 1. The molecular formula is C44H81N7O11. The predicted octanol–water partition coefficient (Wildman–Crippen LogP) is 3.38. The normalized spacial score (nSPS) is 11.2. The minimum atomic E-state index is -1.13. The van der Waals surface area contributed by atoms with Crippen LogP contribution in [0.25, 0.3) is 0 Å². The number of amides is 3. The van der Waals surface area contributed by atoms with Crippen LogP contribution in [0.15, 0.2) is 24.3 Å². The number of carboxylic acid groups (broad SMARTS) is 2. The second-order valence-electron chi connectivity index (χ2n) is 16.3. The summed E-state index contributed by atoms with van der Waals surface area (Å²) >= 11 is 0. The highest BCUT2D eigenvalue weighted by atomic mass is 16.5. The lowest BCUT2D eigenvalue weighted by molar-refractivity contribution is -0.150. The molecule has 358 valence electrons. The molecule has 0 heterocycles. The van der Waals surface area contributed by atoms with E-state index in [9.17, 15) is 33.6 Å². The Labute approximate surface area is 370 Å². The van der Waals surface area contributed by atoms with Gasteiger partial charge in [-0.1, -0.05) is 48.0 Å². The molecule has 18 heteroatoms. The van der Waals surface area contributed by atoms with Crippen LogP contribution in [0.3, 0.4) is 0 Å². The number of ether oxygens (including phenoxy) is 2. The third-order valence-corrected chi connectivity index (χ3v) is 9.02. The Hall–Kier alpha value is -4.49. The number of carbonyl (C=O) groups excluding carboxylic acids is 5. The second kappa shape index (κ2) is 33.1. The lowest BCUT2D eigenvalue weighted by Crippen LogP contribution is -2.51. The molecule has 3 amide bonds. The molecule has 0 aliphatic heterocycles. The standard InChI is InChI=1S/C18H35N3O5.C13H21N3O.C11H19NO5.C2H6/c1-7-14(22)17(2,3)20-8-9-25-10-11-26-13-15(23)18(4,5)21-12-16(24)19-6;1-2-3-9-16-13(17)11-4-6-12(7-5-11)15-10-8-14;1-10(2,6-11(3,4)9(16)17)8(15)12-5-7(13)14;1-2/h20-21H,7-13H2,1-6H3,(H,19,24);4-7,15H,2-3,8-10,14H2,1H3,(H,16,17);5-6H2,1-4H3,(H,12,15)(H,13,14)(H,16,17);1-2H3. The van der Waals surface area contributed by atoms with Crippen LogP contribution in [-0.2, 0) is 38.2 Å². The summed E-state index contributed by atoms with van der Waals surface area (Å²) in [6, 6.07) is 7.43. The van der Waals surface area contributed by atoms with Gasteiger partial charge in [0.15, 0.2) is 11.6 Å². The number of aliphatic carboxylic acids is 2. The lowest BCUT2D eigenvalue weighted by atomic mass is 9.74. The number of hydrogen-bond acceptors (Lipinski definition) is 13. The van der Waals surface area contributed by atoms with Gasteiger partial charge >= 0.3 is 11.9 Å². The van der Waals surface area contributed by atoms with Crippen molar-refractivity contribution >= 4 is 46.9 Å². The van der Waals surface area contributed by atoms with Gasteiger partial charge in [-0.2, -0.15) is 0 Å². The third-order valence-electron chi connectivity index (χ3n) is 9.02. The van der Waals surface area contributed by atoms with E-state index in [0.717, 1.165) is 31.6 Å². The van der Waals surface area contributed by atoms with E-state index in [2.05, 4.69) is 38.8 Å². The molecule has 0 saturated carbocycles. The first-order valence-corrected chi connectivity index (χ1v) is 21.3. The Balaban J connectivity index is -0.000000852. The van der Waals surface area contributed by atoms with Crippen molar-refractivity contribution in [1.29, 1.82) is 0 Å². The SMILES string of the molecule is CC.CC(C)(CC(C)(C)C(=O)NCC(=O)O)C(=O)O.CCC(=O)C(C)(C)NCCOCCOCC(=O)C(C)(C)NCC(=O)NC.CCCCNC(=O)c1ccc(NCCN)cc1. The van der Waals surface area contributed by atoms with Gasteiger partial charge in [0.2, 0.25) is 11.8 Å². The molecule has 0 aliphatic carbocycles. The Morgan fingerprint density at radius 2 is 1.26 bits per heavy atom. The van der Waals surface area contributed by atoms with E-state index in [-0.39, 0.29) is 43.0 Å². The minimum absolute atomic E-state index is 0.0103. The molecule has 1 aromatic carbocycles. The van der Waals surface area contributed by atoms with E-state index in [1.54, 1.807) is 34.7 Å². The molecule has 0 atom stereocenters. The molecule has 1 rings (SSSR count). The van der Waals surface area contributed by atoms with Crippen molar-refractivity contribution in [2.75, 3.05) is 78.1 Å². The molecule has 0 spiro atoms. The zero-order valence-corrected chi connectivity index (χ0v) is 39.9. The van der Waals surface area contributed by atoms with Crippen LogP contribution in [-0.4, -0.2) is 135 Å². The quantitative estimate of drug-likeness (QED) is 0.0546. The highest BCUT2D eigenvalue weighted by Crippen LogP contribution is 2.34. The first kappa shape index (κ1) is 61.8. The predicted molar refractivity (Wildman–Crippen MR) is 243 cm³/mol. The Morgan fingerprint density at radius 1 is 0.694 bits per heavy atom. The van der Waals surface area contributed by atoms with Crippen molar-refractivity contribution in [1.82, 2.24) is 26.6 Å². The van der Waals surface area contributed by atoms with E-state index in [4.69, 9.17) is 25.4 Å². The summed E-state index contributed by atoms with van der Waals surface area (Å²) in [5.74, 6) is -2.76. The van der Waals surface area contributed by atoms with E-state index < -0.39 is 46.3 Å². The summed E-state index contributed by atoms with van der Waals surface area (Å²) in [5, 5.41) is 34.3. The van der Waals surface area contributed by atoms with Gasteiger partial charge in [-0.15, -0.1) is 0 Å². The van der Waals surface area contributed by atoms with Gasteiger partial charge in [0.05, 0.1) is 42.9 Å². The Bertz CT molecular complexity index is 1480. The topological polar surface area (TPSA) is 277 Å². The Kier molecular flexibility index (Phi) is 33.0. The number of anilines is 1. The molecule has 0 unspecified atom stereocenters. The van der Waals surface area contributed by atoms with Crippen molar-refractivity contribution < 1.29 is 53.2 Å². The maximum absolute atomic E-state index is 12.1. The number of nitrogens with two attached hydrogens (primary N) is 1. The summed E-state index contributed by atoms with van der Waals surface area (Å²) in [4.78, 5) is 79.7. The average molecular weight is 884 g/mol. The van der Waals surface area contributed by atoms with Gasteiger partial charge in [0.25, 0.3) is 5.91 Å². The van der Waals surface area contributed by atoms with Crippen molar-refractivity contribution in [3.05, 3.63) is 29.8 Å². The molecule has 62 heavy (non-hydrogen) atoms. The fourth-order valence-electron chi connectivity index (χ4n) is 5.12. The first-order chi connectivity index (χ1) is 28.8.